The molecule has 3 aromatic rings. The molecule has 10 heteroatoms. The zero-order valence-corrected chi connectivity index (χ0v) is 28.3. The maximum Gasteiger partial charge on any atom is 0.339 e. The van der Waals surface area contributed by atoms with Crippen molar-refractivity contribution in [1.82, 2.24) is 5.43 Å². The first-order chi connectivity index (χ1) is 18.9. The molecule has 0 heterocycles. The molecule has 7 nitrogen and oxygen atoms in total. The topological polar surface area (TPSA) is 105 Å². The van der Waals surface area contributed by atoms with Crippen LogP contribution in [-0.2, 0) is 32.2 Å². The molecular formula is C31H36Br2N2O5S. The van der Waals surface area contributed by atoms with Crippen molar-refractivity contribution in [3.05, 3.63) is 85.3 Å². The lowest BCUT2D eigenvalue weighted by Gasteiger charge is -2.28. The van der Waals surface area contributed by atoms with Crippen molar-refractivity contribution in [2.24, 2.45) is 5.10 Å². The summed E-state index contributed by atoms with van der Waals surface area (Å²) in [7, 11) is -4.03. The van der Waals surface area contributed by atoms with Gasteiger partial charge in [-0.1, -0.05) is 71.4 Å². The van der Waals surface area contributed by atoms with E-state index in [2.05, 4.69) is 83.9 Å². The second-order valence-corrected chi connectivity index (χ2v) is 15.3. The van der Waals surface area contributed by atoms with Crippen molar-refractivity contribution in [2.45, 2.75) is 77.0 Å². The zero-order valence-electron chi connectivity index (χ0n) is 24.3. The minimum Gasteiger partial charge on any atom is -0.507 e. The van der Waals surface area contributed by atoms with Gasteiger partial charge in [0.2, 0.25) is 5.91 Å². The third kappa shape index (κ3) is 8.66. The summed E-state index contributed by atoms with van der Waals surface area (Å²) in [6.07, 6.45) is 2.17. The Morgan fingerprint density at radius 2 is 1.46 bits per heavy atom. The number of carbonyl (C=O) groups excluding carboxylic acids is 1. The van der Waals surface area contributed by atoms with Crippen molar-refractivity contribution in [2.75, 3.05) is 0 Å². The van der Waals surface area contributed by atoms with Crippen LogP contribution in [0.4, 0.5) is 0 Å². The summed E-state index contributed by atoms with van der Waals surface area (Å²) in [4.78, 5) is 12.6. The van der Waals surface area contributed by atoms with E-state index in [0.29, 0.717) is 26.7 Å². The first-order valence-corrected chi connectivity index (χ1v) is 16.1. The molecule has 3 rings (SSSR count). The third-order valence-electron chi connectivity index (χ3n) is 6.35. The minimum absolute atomic E-state index is 0.0480. The molecule has 2 N–H and O–H groups in total. The van der Waals surface area contributed by atoms with E-state index >= 15 is 0 Å². The molecule has 0 fully saturated rings. The summed E-state index contributed by atoms with van der Waals surface area (Å²) in [5.41, 5.74) is 6.27. The number of phenolic OH excluding ortho intramolecular Hbond substituents is 1. The van der Waals surface area contributed by atoms with Gasteiger partial charge in [0.05, 0.1) is 15.2 Å². The van der Waals surface area contributed by atoms with E-state index in [0.717, 1.165) is 22.3 Å². The minimum atomic E-state index is -4.03. The van der Waals surface area contributed by atoms with Gasteiger partial charge in [0, 0.05) is 6.42 Å². The van der Waals surface area contributed by atoms with Crippen LogP contribution in [0.3, 0.4) is 0 Å². The van der Waals surface area contributed by atoms with Gasteiger partial charge >= 0.3 is 10.1 Å². The fourth-order valence-corrected chi connectivity index (χ4v) is 6.63. The molecular weight excluding hydrogens is 672 g/mol. The van der Waals surface area contributed by atoms with Crippen LogP contribution < -0.4 is 9.61 Å². The van der Waals surface area contributed by atoms with E-state index < -0.39 is 10.1 Å². The largest absolute Gasteiger partial charge is 0.507 e. The lowest BCUT2D eigenvalue weighted by atomic mass is 9.78. The van der Waals surface area contributed by atoms with Gasteiger partial charge in [-0.15, -0.1) is 0 Å². The van der Waals surface area contributed by atoms with Crippen molar-refractivity contribution >= 4 is 54.1 Å². The maximum atomic E-state index is 12.7. The number of phenols is 1. The number of hydrogen-bond acceptors (Lipinski definition) is 6. The van der Waals surface area contributed by atoms with Gasteiger partial charge < -0.3 is 9.29 Å². The number of carbonyl (C=O) groups is 1. The fraction of sp³-hybridized carbons (Fsp3) is 0.355. The van der Waals surface area contributed by atoms with Crippen LogP contribution in [0.1, 0.15) is 75.8 Å². The monoisotopic (exact) mass is 706 g/mol. The molecule has 0 aliphatic heterocycles. The molecule has 220 valence electrons. The quantitative estimate of drug-likeness (QED) is 0.142. The summed E-state index contributed by atoms with van der Waals surface area (Å²) in [6, 6.07) is 13.6. The Morgan fingerprint density at radius 1 is 0.951 bits per heavy atom. The normalized spacial score (nSPS) is 12.5. The van der Waals surface area contributed by atoms with Crippen molar-refractivity contribution in [1.29, 1.82) is 0 Å². The lowest BCUT2D eigenvalue weighted by Crippen LogP contribution is -2.20. The highest BCUT2D eigenvalue weighted by Gasteiger charge is 2.26. The third-order valence-corrected chi connectivity index (χ3v) is 8.77. The van der Waals surface area contributed by atoms with E-state index in [-0.39, 0.29) is 33.8 Å². The molecule has 0 atom stereocenters. The van der Waals surface area contributed by atoms with Crippen molar-refractivity contribution < 1.29 is 22.5 Å². The van der Waals surface area contributed by atoms with Gasteiger partial charge in [0.1, 0.15) is 10.6 Å². The molecule has 0 aliphatic rings. The number of benzene rings is 3. The smallest absolute Gasteiger partial charge is 0.339 e. The maximum absolute atomic E-state index is 12.7. The molecule has 1 amide bonds. The van der Waals surface area contributed by atoms with Crippen molar-refractivity contribution in [3.63, 3.8) is 0 Å². The summed E-state index contributed by atoms with van der Waals surface area (Å²) in [5.74, 6) is 0.153. The second kappa shape index (κ2) is 12.7. The Labute approximate surface area is 259 Å². The molecule has 0 aliphatic carbocycles. The first kappa shape index (κ1) is 32.8. The molecule has 0 radical (unpaired) electrons. The molecule has 0 saturated heterocycles. The van der Waals surface area contributed by atoms with Crippen LogP contribution in [0.2, 0.25) is 0 Å². The van der Waals surface area contributed by atoms with E-state index in [1.54, 1.807) is 24.3 Å². The Kier molecular flexibility index (Phi) is 10.1. The van der Waals surface area contributed by atoms with Gasteiger partial charge in [0.15, 0.2) is 5.75 Å². The molecule has 3 aromatic carbocycles. The van der Waals surface area contributed by atoms with Crippen LogP contribution >= 0.6 is 31.9 Å². The van der Waals surface area contributed by atoms with Gasteiger partial charge in [-0.05, 0) is 103 Å². The SMILES string of the molecule is Cc1ccc(S(=O)(=O)Oc2c(Br)cc(/C=N\NC(=O)CCc3cc(C(C)(C)C)c(O)c(C(C)(C)C)c3)cc2Br)cc1. The Morgan fingerprint density at radius 3 is 1.95 bits per heavy atom. The van der Waals surface area contributed by atoms with Gasteiger partial charge in [-0.2, -0.15) is 13.5 Å². The van der Waals surface area contributed by atoms with Gasteiger partial charge in [0.25, 0.3) is 0 Å². The predicted molar refractivity (Wildman–Crippen MR) is 170 cm³/mol. The summed E-state index contributed by atoms with van der Waals surface area (Å²) >= 11 is 6.73. The molecule has 0 aromatic heterocycles. The summed E-state index contributed by atoms with van der Waals surface area (Å²) < 4.78 is 31.6. The number of hydrazone groups is 1. The molecule has 41 heavy (non-hydrogen) atoms. The van der Waals surface area contributed by atoms with Crippen LogP contribution in [0.25, 0.3) is 0 Å². The number of aryl methyl sites for hydroxylation is 2. The highest BCUT2D eigenvalue weighted by Crippen LogP contribution is 2.40. The summed E-state index contributed by atoms with van der Waals surface area (Å²) in [5, 5.41) is 15.0. The van der Waals surface area contributed by atoms with Crippen LogP contribution in [0, 0.1) is 6.92 Å². The average Bonchev–Trinajstić information content (AvgIpc) is 2.84. The summed E-state index contributed by atoms with van der Waals surface area (Å²) in [6.45, 7) is 14.2. The second-order valence-electron chi connectivity index (χ2n) is 12.0. The molecule has 0 saturated carbocycles. The number of halogens is 2. The predicted octanol–water partition coefficient (Wildman–Crippen LogP) is 7.67. The van der Waals surface area contributed by atoms with Crippen molar-refractivity contribution in [3.8, 4) is 11.5 Å². The molecule has 0 spiro atoms. The van der Waals surface area contributed by atoms with E-state index in [1.807, 2.05) is 19.1 Å². The Hall–Kier alpha value is -2.69. The van der Waals surface area contributed by atoms with E-state index in [4.69, 9.17) is 4.18 Å². The Bertz CT molecular complexity index is 1510. The molecule has 0 unspecified atom stereocenters. The number of hydrogen-bond donors (Lipinski definition) is 2. The Balaban J connectivity index is 1.68. The standard InChI is InChI=1S/C31H36Br2N2O5S/c1-19-8-11-22(12-9-19)41(38,39)40-29-25(32)16-21(17-26(29)33)18-34-35-27(36)13-10-20-14-23(30(2,3)4)28(37)24(15-20)31(5,6)7/h8-9,11-12,14-18,37H,10,13H2,1-7H3,(H,35,36)/b34-18-. The molecule has 0 bridgehead atoms. The number of nitrogens with zero attached hydrogens (tertiary/aromatic N) is 1. The number of rotatable bonds is 8. The van der Waals surface area contributed by atoms with E-state index in [1.165, 1.54) is 18.3 Å². The number of aromatic hydroxyl groups is 1. The van der Waals surface area contributed by atoms with Gasteiger partial charge in [-0.25, -0.2) is 5.43 Å². The lowest BCUT2D eigenvalue weighted by molar-refractivity contribution is -0.121. The van der Waals surface area contributed by atoms with Gasteiger partial charge in [-0.3, -0.25) is 4.79 Å². The van der Waals surface area contributed by atoms with Crippen LogP contribution in [0.5, 0.6) is 11.5 Å². The van der Waals surface area contributed by atoms with Crippen LogP contribution in [0.15, 0.2) is 67.5 Å². The van der Waals surface area contributed by atoms with Crippen LogP contribution in [-0.4, -0.2) is 25.6 Å². The fourth-order valence-electron chi connectivity index (χ4n) is 4.07. The highest BCUT2D eigenvalue weighted by molar-refractivity contribution is 9.11. The zero-order chi connectivity index (χ0) is 30.8. The highest BCUT2D eigenvalue weighted by atomic mass is 79.9. The number of nitrogens with one attached hydrogen (secondary N) is 1. The average molecular weight is 709 g/mol. The first-order valence-electron chi connectivity index (χ1n) is 13.1. The number of amides is 1. The van der Waals surface area contributed by atoms with E-state index in [9.17, 15) is 18.3 Å².